The normalized spacial score (nSPS) is 16.6. The van der Waals surface area contributed by atoms with Crippen LogP contribution in [0.4, 0.5) is 0 Å². The van der Waals surface area contributed by atoms with Crippen LogP contribution in [0.1, 0.15) is 63.4 Å². The van der Waals surface area contributed by atoms with Gasteiger partial charge in [0.2, 0.25) is 5.91 Å². The molecular weight excluding hydrogens is 294 g/mol. The summed E-state index contributed by atoms with van der Waals surface area (Å²) < 4.78 is 3.86. The molecule has 8 nitrogen and oxygen atoms in total. The third-order valence-corrected chi connectivity index (χ3v) is 4.34. The van der Waals surface area contributed by atoms with Crippen molar-refractivity contribution < 1.29 is 4.79 Å². The summed E-state index contributed by atoms with van der Waals surface area (Å²) >= 11 is 0. The zero-order valence-electron chi connectivity index (χ0n) is 13.4. The maximum absolute atomic E-state index is 12.1. The van der Waals surface area contributed by atoms with Crippen molar-refractivity contribution in [3.05, 3.63) is 24.8 Å². The van der Waals surface area contributed by atoms with Gasteiger partial charge in [-0.2, -0.15) is 5.10 Å². The highest BCUT2D eigenvalue weighted by atomic mass is 16.1. The molecule has 1 saturated carbocycles. The largest absolute Gasteiger partial charge is 0.346 e. The Morgan fingerprint density at radius 2 is 2.22 bits per heavy atom. The summed E-state index contributed by atoms with van der Waals surface area (Å²) in [6, 6.07) is 0.351. The van der Waals surface area contributed by atoms with Gasteiger partial charge in [-0.3, -0.25) is 9.48 Å². The van der Waals surface area contributed by atoms with Crippen molar-refractivity contribution in [3.8, 4) is 0 Å². The molecule has 8 heteroatoms. The molecule has 1 amide bonds. The number of aryl methyl sites for hydroxylation is 1. The Labute approximate surface area is 135 Å². The lowest BCUT2D eigenvalue weighted by Gasteiger charge is -2.18. The Hall–Kier alpha value is -2.25. The van der Waals surface area contributed by atoms with Crippen molar-refractivity contribution in [2.45, 2.75) is 64.1 Å². The number of hydrogen-bond donors (Lipinski definition) is 1. The Kier molecular flexibility index (Phi) is 4.99. The van der Waals surface area contributed by atoms with E-state index in [1.54, 1.807) is 17.3 Å². The minimum absolute atomic E-state index is 0.0265. The highest BCUT2D eigenvalue weighted by molar-refractivity contribution is 5.76. The van der Waals surface area contributed by atoms with E-state index in [1.807, 2.05) is 6.92 Å². The summed E-state index contributed by atoms with van der Waals surface area (Å²) in [5.74, 6) is 0.875. The third-order valence-electron chi connectivity index (χ3n) is 4.34. The van der Waals surface area contributed by atoms with Gasteiger partial charge in [0.15, 0.2) is 5.82 Å². The van der Waals surface area contributed by atoms with E-state index in [0.717, 1.165) is 12.2 Å². The highest BCUT2D eigenvalue weighted by Gasteiger charge is 2.23. The molecule has 0 aliphatic heterocycles. The molecule has 0 saturated heterocycles. The van der Waals surface area contributed by atoms with Gasteiger partial charge in [-0.1, -0.05) is 12.8 Å². The van der Waals surface area contributed by atoms with Gasteiger partial charge in [0, 0.05) is 19.0 Å². The fraction of sp³-hybridized carbons (Fsp3) is 0.667. The number of carbonyl (C=O) groups excluding carboxylic acids is 1. The SMILES string of the molecule is C[C@H](NC(=O)CCCn1cncn1)c1nncn1C1CCCC1. The molecule has 1 N–H and O–H groups in total. The van der Waals surface area contributed by atoms with E-state index in [2.05, 4.69) is 30.2 Å². The summed E-state index contributed by atoms with van der Waals surface area (Å²) in [4.78, 5) is 16.0. The van der Waals surface area contributed by atoms with E-state index in [0.29, 0.717) is 19.0 Å². The summed E-state index contributed by atoms with van der Waals surface area (Å²) in [5.41, 5.74) is 0. The number of amides is 1. The molecule has 2 aromatic rings. The zero-order valence-corrected chi connectivity index (χ0v) is 13.4. The van der Waals surface area contributed by atoms with Gasteiger partial charge in [-0.05, 0) is 26.2 Å². The van der Waals surface area contributed by atoms with Crippen LogP contribution in [-0.2, 0) is 11.3 Å². The Bertz CT molecular complexity index is 616. The summed E-state index contributed by atoms with van der Waals surface area (Å²) in [6.07, 6.45) is 11.0. The number of carbonyl (C=O) groups is 1. The van der Waals surface area contributed by atoms with Crippen LogP contribution in [0.3, 0.4) is 0 Å². The van der Waals surface area contributed by atoms with Crippen LogP contribution in [-0.4, -0.2) is 35.4 Å². The second-order valence-electron chi connectivity index (χ2n) is 6.09. The topological polar surface area (TPSA) is 90.5 Å². The summed E-state index contributed by atoms with van der Waals surface area (Å²) in [7, 11) is 0. The van der Waals surface area contributed by atoms with Gasteiger partial charge >= 0.3 is 0 Å². The molecule has 2 heterocycles. The van der Waals surface area contributed by atoms with Crippen LogP contribution in [0.5, 0.6) is 0 Å². The predicted molar refractivity (Wildman–Crippen MR) is 83.3 cm³/mol. The van der Waals surface area contributed by atoms with Gasteiger partial charge in [0.25, 0.3) is 0 Å². The van der Waals surface area contributed by atoms with Crippen LogP contribution in [0, 0.1) is 0 Å². The number of rotatable bonds is 7. The molecule has 23 heavy (non-hydrogen) atoms. The minimum Gasteiger partial charge on any atom is -0.346 e. The Morgan fingerprint density at radius 1 is 1.39 bits per heavy atom. The smallest absolute Gasteiger partial charge is 0.220 e. The molecule has 0 spiro atoms. The number of hydrogen-bond acceptors (Lipinski definition) is 5. The van der Waals surface area contributed by atoms with E-state index in [1.165, 1.54) is 32.0 Å². The third kappa shape index (κ3) is 3.94. The molecule has 2 aromatic heterocycles. The second kappa shape index (κ2) is 7.34. The van der Waals surface area contributed by atoms with Gasteiger partial charge < -0.3 is 9.88 Å². The maximum atomic E-state index is 12.1. The van der Waals surface area contributed by atoms with Crippen molar-refractivity contribution >= 4 is 5.91 Å². The monoisotopic (exact) mass is 317 g/mol. The van der Waals surface area contributed by atoms with Crippen LogP contribution in [0.25, 0.3) is 0 Å². The van der Waals surface area contributed by atoms with E-state index in [-0.39, 0.29) is 11.9 Å². The van der Waals surface area contributed by atoms with Crippen molar-refractivity contribution in [2.24, 2.45) is 0 Å². The molecule has 0 bridgehead atoms. The van der Waals surface area contributed by atoms with Crippen LogP contribution in [0.2, 0.25) is 0 Å². The zero-order chi connectivity index (χ0) is 16.1. The maximum Gasteiger partial charge on any atom is 0.220 e. The molecule has 0 aromatic carbocycles. The first-order valence-electron chi connectivity index (χ1n) is 8.25. The fourth-order valence-corrected chi connectivity index (χ4v) is 3.15. The van der Waals surface area contributed by atoms with Gasteiger partial charge in [-0.25, -0.2) is 4.98 Å². The number of aromatic nitrogens is 6. The quantitative estimate of drug-likeness (QED) is 0.838. The highest BCUT2D eigenvalue weighted by Crippen LogP contribution is 2.31. The number of nitrogens with zero attached hydrogens (tertiary/aromatic N) is 6. The van der Waals surface area contributed by atoms with Crippen molar-refractivity contribution in [1.82, 2.24) is 34.8 Å². The van der Waals surface area contributed by atoms with Crippen LogP contribution >= 0.6 is 0 Å². The first-order chi connectivity index (χ1) is 11.2. The molecule has 1 fully saturated rings. The van der Waals surface area contributed by atoms with E-state index in [4.69, 9.17) is 0 Å². The molecule has 3 rings (SSSR count). The summed E-state index contributed by atoms with van der Waals surface area (Å²) in [5, 5.41) is 15.3. The minimum atomic E-state index is -0.128. The first-order valence-corrected chi connectivity index (χ1v) is 8.25. The number of nitrogens with one attached hydrogen (secondary N) is 1. The molecule has 1 aliphatic rings. The van der Waals surface area contributed by atoms with E-state index in [9.17, 15) is 4.79 Å². The molecule has 1 aliphatic carbocycles. The van der Waals surface area contributed by atoms with Crippen molar-refractivity contribution in [1.29, 1.82) is 0 Å². The molecular formula is C15H23N7O. The van der Waals surface area contributed by atoms with Gasteiger partial charge in [-0.15, -0.1) is 10.2 Å². The Balaban J connectivity index is 1.49. The van der Waals surface area contributed by atoms with E-state index >= 15 is 0 Å². The Morgan fingerprint density at radius 3 is 2.96 bits per heavy atom. The molecule has 0 unspecified atom stereocenters. The van der Waals surface area contributed by atoms with Crippen molar-refractivity contribution in [2.75, 3.05) is 0 Å². The fourth-order valence-electron chi connectivity index (χ4n) is 3.15. The van der Waals surface area contributed by atoms with Gasteiger partial charge in [0.05, 0.1) is 6.04 Å². The molecule has 0 radical (unpaired) electrons. The predicted octanol–water partition coefficient (Wildman–Crippen LogP) is 1.64. The standard InChI is InChI=1S/C15H23N7O/c1-12(15-20-17-11-22(15)13-5-2-3-6-13)19-14(23)7-4-8-21-10-16-9-18-21/h9-13H,2-8H2,1H3,(H,19,23)/t12-/m0/s1. The second-order valence-corrected chi connectivity index (χ2v) is 6.09. The average molecular weight is 317 g/mol. The average Bonchev–Trinajstić information content (AvgIpc) is 3.28. The lowest BCUT2D eigenvalue weighted by atomic mass is 10.2. The van der Waals surface area contributed by atoms with Crippen molar-refractivity contribution in [3.63, 3.8) is 0 Å². The van der Waals surface area contributed by atoms with Crippen LogP contribution in [0.15, 0.2) is 19.0 Å². The molecule has 1 atom stereocenters. The van der Waals surface area contributed by atoms with Crippen LogP contribution < -0.4 is 5.32 Å². The van der Waals surface area contributed by atoms with E-state index < -0.39 is 0 Å². The van der Waals surface area contributed by atoms with Gasteiger partial charge in [0.1, 0.15) is 19.0 Å². The lowest BCUT2D eigenvalue weighted by Crippen LogP contribution is -2.29. The summed E-state index contributed by atoms with van der Waals surface area (Å²) in [6.45, 7) is 2.66. The molecule has 124 valence electrons. The lowest BCUT2D eigenvalue weighted by molar-refractivity contribution is -0.121. The first kappa shape index (κ1) is 15.6.